The quantitative estimate of drug-likeness (QED) is 0.414. The molecule has 3 aliphatic heterocycles. The first-order valence-corrected chi connectivity index (χ1v) is 13.9. The van der Waals surface area contributed by atoms with Gasteiger partial charge in [-0.25, -0.2) is 4.98 Å². The standard InChI is InChI=1S/C28H31N3O4S/c1-36-23-8-6-19-13-21(27(29-24(19)15-23)30-10-2-3-11-30)16-31(17-22-5-4-12-33-22)28(32)20-7-9-25-26(14-20)35-18-34-25/h6-9,13-15,22H,2-5,10-12,16-18H2,1H3/t22-/m1/s1. The number of aromatic nitrogens is 1. The van der Waals surface area contributed by atoms with E-state index in [0.29, 0.717) is 30.2 Å². The fourth-order valence-corrected chi connectivity index (χ4v) is 5.73. The molecule has 2 aromatic carbocycles. The van der Waals surface area contributed by atoms with Gasteiger partial charge in [0.1, 0.15) is 5.82 Å². The highest BCUT2D eigenvalue weighted by Gasteiger charge is 2.27. The van der Waals surface area contributed by atoms with E-state index in [0.717, 1.165) is 54.8 Å². The Balaban J connectivity index is 1.37. The van der Waals surface area contributed by atoms with Crippen LogP contribution >= 0.6 is 11.8 Å². The summed E-state index contributed by atoms with van der Waals surface area (Å²) in [4.78, 5) is 24.5. The number of hydrogen-bond donors (Lipinski definition) is 0. The summed E-state index contributed by atoms with van der Waals surface area (Å²) in [6.07, 6.45) is 6.47. The molecule has 3 aliphatic rings. The monoisotopic (exact) mass is 505 g/mol. The normalized spacial score (nSPS) is 18.8. The van der Waals surface area contributed by atoms with Crippen molar-refractivity contribution in [3.8, 4) is 11.5 Å². The Labute approximate surface area is 215 Å². The smallest absolute Gasteiger partial charge is 0.254 e. The molecule has 36 heavy (non-hydrogen) atoms. The zero-order chi connectivity index (χ0) is 24.5. The molecule has 7 nitrogen and oxygen atoms in total. The summed E-state index contributed by atoms with van der Waals surface area (Å²) in [6, 6.07) is 14.1. The van der Waals surface area contributed by atoms with Gasteiger partial charge in [0.25, 0.3) is 5.91 Å². The van der Waals surface area contributed by atoms with E-state index in [2.05, 4.69) is 35.4 Å². The lowest BCUT2D eigenvalue weighted by molar-refractivity contribution is 0.0507. The Hall–Kier alpha value is -2.97. The SMILES string of the molecule is CSc1ccc2cc(CN(C[C@H]3CCCO3)C(=O)c3ccc4c(c3)OCO4)c(N3CCCC3)nc2c1. The number of pyridine rings is 1. The van der Waals surface area contributed by atoms with Gasteiger partial charge in [-0.2, -0.15) is 0 Å². The van der Waals surface area contributed by atoms with E-state index in [4.69, 9.17) is 19.2 Å². The molecule has 4 heterocycles. The summed E-state index contributed by atoms with van der Waals surface area (Å²) in [5.74, 6) is 2.26. The molecule has 0 radical (unpaired) electrons. The van der Waals surface area contributed by atoms with E-state index in [9.17, 15) is 4.79 Å². The average molecular weight is 506 g/mol. The van der Waals surface area contributed by atoms with Crippen LogP contribution in [0.3, 0.4) is 0 Å². The van der Waals surface area contributed by atoms with Gasteiger partial charge >= 0.3 is 0 Å². The van der Waals surface area contributed by atoms with Crippen LogP contribution in [0.1, 0.15) is 41.6 Å². The molecule has 3 aromatic rings. The highest BCUT2D eigenvalue weighted by molar-refractivity contribution is 7.98. The molecule has 1 amide bonds. The first-order chi connectivity index (χ1) is 17.7. The van der Waals surface area contributed by atoms with Crippen LogP contribution in [-0.2, 0) is 11.3 Å². The largest absolute Gasteiger partial charge is 0.454 e. The van der Waals surface area contributed by atoms with E-state index in [1.54, 1.807) is 17.8 Å². The molecular formula is C28H31N3O4S. The summed E-state index contributed by atoms with van der Waals surface area (Å²) in [7, 11) is 0. The van der Waals surface area contributed by atoms with Crippen LogP contribution in [0.4, 0.5) is 5.82 Å². The van der Waals surface area contributed by atoms with E-state index in [-0.39, 0.29) is 18.8 Å². The second-order valence-electron chi connectivity index (χ2n) is 9.61. The third-order valence-electron chi connectivity index (χ3n) is 7.20. The van der Waals surface area contributed by atoms with E-state index in [1.807, 2.05) is 17.0 Å². The fourth-order valence-electron chi connectivity index (χ4n) is 5.30. The van der Waals surface area contributed by atoms with Crippen molar-refractivity contribution in [1.29, 1.82) is 0 Å². The van der Waals surface area contributed by atoms with Gasteiger partial charge in [0.2, 0.25) is 6.79 Å². The molecule has 6 rings (SSSR count). The molecule has 2 fully saturated rings. The molecule has 0 N–H and O–H groups in total. The minimum atomic E-state index is -0.0333. The molecule has 0 unspecified atom stereocenters. The van der Waals surface area contributed by atoms with E-state index >= 15 is 0 Å². The van der Waals surface area contributed by atoms with Gasteiger partial charge in [0.05, 0.1) is 11.6 Å². The second-order valence-corrected chi connectivity index (χ2v) is 10.5. The number of benzene rings is 2. The van der Waals surface area contributed by atoms with Crippen molar-refractivity contribution in [3.63, 3.8) is 0 Å². The molecular weight excluding hydrogens is 474 g/mol. The molecule has 0 aliphatic carbocycles. The Bertz CT molecular complexity index is 1270. The summed E-state index contributed by atoms with van der Waals surface area (Å²) in [5.41, 5.74) is 2.67. The number of carbonyl (C=O) groups is 1. The van der Waals surface area contributed by atoms with Crippen molar-refractivity contribution in [2.75, 3.05) is 44.2 Å². The number of carbonyl (C=O) groups excluding carboxylic acids is 1. The third-order valence-corrected chi connectivity index (χ3v) is 7.93. The zero-order valence-corrected chi connectivity index (χ0v) is 21.4. The van der Waals surface area contributed by atoms with Gasteiger partial charge in [-0.3, -0.25) is 4.79 Å². The van der Waals surface area contributed by atoms with Crippen molar-refractivity contribution in [3.05, 3.63) is 53.6 Å². The number of anilines is 1. The maximum Gasteiger partial charge on any atom is 0.254 e. The maximum atomic E-state index is 13.9. The van der Waals surface area contributed by atoms with Gasteiger partial charge in [-0.15, -0.1) is 11.8 Å². The Kier molecular flexibility index (Phi) is 6.63. The zero-order valence-electron chi connectivity index (χ0n) is 20.6. The first-order valence-electron chi connectivity index (χ1n) is 12.7. The van der Waals surface area contributed by atoms with Crippen LogP contribution in [0.15, 0.2) is 47.4 Å². The first kappa shape index (κ1) is 23.4. The van der Waals surface area contributed by atoms with E-state index in [1.165, 1.54) is 17.7 Å². The minimum absolute atomic E-state index is 0.0333. The van der Waals surface area contributed by atoms with E-state index < -0.39 is 0 Å². The minimum Gasteiger partial charge on any atom is -0.454 e. The van der Waals surface area contributed by atoms with Gasteiger partial charge < -0.3 is 24.0 Å². The second kappa shape index (κ2) is 10.2. The lowest BCUT2D eigenvalue weighted by Gasteiger charge is -2.28. The van der Waals surface area contributed by atoms with Gasteiger partial charge in [0.15, 0.2) is 11.5 Å². The lowest BCUT2D eigenvalue weighted by atomic mass is 10.1. The topological polar surface area (TPSA) is 64.1 Å². The Morgan fingerprint density at radius 3 is 2.75 bits per heavy atom. The van der Waals surface area contributed by atoms with Gasteiger partial charge in [-0.05, 0) is 68.3 Å². The van der Waals surface area contributed by atoms with Crippen LogP contribution in [0, 0.1) is 0 Å². The van der Waals surface area contributed by atoms with Crippen molar-refractivity contribution in [2.24, 2.45) is 0 Å². The maximum absolute atomic E-state index is 13.9. The average Bonchev–Trinajstić information content (AvgIpc) is 3.70. The molecule has 0 spiro atoms. The number of thioether (sulfide) groups is 1. The molecule has 0 saturated carbocycles. The number of amides is 1. The van der Waals surface area contributed by atoms with Crippen molar-refractivity contribution < 1.29 is 19.0 Å². The molecule has 2 saturated heterocycles. The van der Waals surface area contributed by atoms with Gasteiger partial charge in [0, 0.05) is 54.2 Å². The van der Waals surface area contributed by atoms with Crippen LogP contribution < -0.4 is 14.4 Å². The summed E-state index contributed by atoms with van der Waals surface area (Å²) in [5, 5.41) is 1.10. The number of hydrogen-bond acceptors (Lipinski definition) is 7. The van der Waals surface area contributed by atoms with Crippen LogP contribution in [-0.4, -0.2) is 61.2 Å². The van der Waals surface area contributed by atoms with Crippen LogP contribution in [0.2, 0.25) is 0 Å². The summed E-state index contributed by atoms with van der Waals surface area (Å²) in [6.45, 7) is 3.96. The number of fused-ring (bicyclic) bond motifs is 2. The number of rotatable bonds is 7. The lowest BCUT2D eigenvalue weighted by Crippen LogP contribution is -2.37. The predicted octanol–water partition coefficient (Wildman–Crippen LogP) is 5.11. The van der Waals surface area contributed by atoms with Crippen molar-refractivity contribution in [2.45, 2.75) is 43.2 Å². The summed E-state index contributed by atoms with van der Waals surface area (Å²) >= 11 is 1.72. The highest BCUT2D eigenvalue weighted by Crippen LogP contribution is 2.34. The number of ether oxygens (including phenoxy) is 3. The van der Waals surface area contributed by atoms with Gasteiger partial charge in [-0.1, -0.05) is 6.07 Å². The number of nitrogens with zero attached hydrogens (tertiary/aromatic N) is 3. The Morgan fingerprint density at radius 2 is 1.94 bits per heavy atom. The molecule has 0 bridgehead atoms. The molecule has 1 aromatic heterocycles. The Morgan fingerprint density at radius 1 is 1.08 bits per heavy atom. The molecule has 8 heteroatoms. The highest BCUT2D eigenvalue weighted by atomic mass is 32.2. The predicted molar refractivity (Wildman–Crippen MR) is 141 cm³/mol. The van der Waals surface area contributed by atoms with Crippen LogP contribution in [0.25, 0.3) is 10.9 Å². The van der Waals surface area contributed by atoms with Crippen molar-refractivity contribution >= 4 is 34.4 Å². The van der Waals surface area contributed by atoms with Crippen molar-refractivity contribution in [1.82, 2.24) is 9.88 Å². The van der Waals surface area contributed by atoms with Crippen LogP contribution in [0.5, 0.6) is 11.5 Å². The molecule has 1 atom stereocenters. The molecule has 188 valence electrons. The third kappa shape index (κ3) is 4.72. The fraction of sp³-hybridized carbons (Fsp3) is 0.429. The summed E-state index contributed by atoms with van der Waals surface area (Å²) < 4.78 is 16.9.